The summed E-state index contributed by atoms with van der Waals surface area (Å²) in [6, 6.07) is 13.2. The fourth-order valence-corrected chi connectivity index (χ4v) is 5.02. The second kappa shape index (κ2) is 9.47. The van der Waals surface area contributed by atoms with Crippen LogP contribution in [0.1, 0.15) is 24.3 Å². The van der Waals surface area contributed by atoms with Gasteiger partial charge in [-0.15, -0.1) is 0 Å². The maximum Gasteiger partial charge on any atom is 0.236 e. The fraction of sp³-hybridized carbons (Fsp3) is 0.318. The van der Waals surface area contributed by atoms with Gasteiger partial charge >= 0.3 is 0 Å². The minimum Gasteiger partial charge on any atom is -0.355 e. The predicted octanol–water partition coefficient (Wildman–Crippen LogP) is 2.71. The number of amides is 1. The number of halogens is 1. The first-order chi connectivity index (χ1) is 15.4. The Bertz CT molecular complexity index is 1190. The molecular formula is C22H23FN4O4S. The minimum atomic E-state index is -3.50. The zero-order valence-electron chi connectivity index (χ0n) is 17.3. The lowest BCUT2D eigenvalue weighted by molar-refractivity contribution is -0.121. The molecule has 3 aromatic rings. The van der Waals surface area contributed by atoms with E-state index in [0.29, 0.717) is 43.1 Å². The Hall–Kier alpha value is -3.27. The Kier molecular flexibility index (Phi) is 6.50. The molecule has 8 nitrogen and oxygen atoms in total. The van der Waals surface area contributed by atoms with Gasteiger partial charge in [-0.1, -0.05) is 23.4 Å². The van der Waals surface area contributed by atoms with E-state index in [0.717, 1.165) is 11.3 Å². The molecular weight excluding hydrogens is 435 g/mol. The van der Waals surface area contributed by atoms with E-state index in [-0.39, 0.29) is 30.4 Å². The molecule has 0 atom stereocenters. The number of hydrogen-bond acceptors (Lipinski definition) is 6. The van der Waals surface area contributed by atoms with Gasteiger partial charge in [-0.05, 0) is 48.7 Å². The number of aryl methyl sites for hydroxylation is 1. The molecule has 0 fully saturated rings. The van der Waals surface area contributed by atoms with E-state index in [4.69, 9.17) is 4.52 Å². The Morgan fingerprint density at radius 1 is 1.16 bits per heavy atom. The highest BCUT2D eigenvalue weighted by atomic mass is 32.2. The topological polar surface area (TPSA) is 105 Å². The number of anilines is 1. The van der Waals surface area contributed by atoms with Crippen LogP contribution < -0.4 is 9.62 Å². The van der Waals surface area contributed by atoms with E-state index in [1.54, 1.807) is 18.2 Å². The zero-order valence-corrected chi connectivity index (χ0v) is 18.1. The average Bonchev–Trinajstić information content (AvgIpc) is 3.42. The van der Waals surface area contributed by atoms with Crippen LogP contribution in [-0.4, -0.2) is 43.3 Å². The Morgan fingerprint density at radius 3 is 2.75 bits per heavy atom. The van der Waals surface area contributed by atoms with E-state index >= 15 is 0 Å². The van der Waals surface area contributed by atoms with Crippen LogP contribution in [0.5, 0.6) is 0 Å². The number of benzene rings is 2. The quantitative estimate of drug-likeness (QED) is 0.529. The lowest BCUT2D eigenvalue weighted by Crippen LogP contribution is -2.36. The Labute approximate surface area is 185 Å². The first kappa shape index (κ1) is 21.9. The summed E-state index contributed by atoms with van der Waals surface area (Å²) in [6.45, 7) is 0.481. The van der Waals surface area contributed by atoms with Gasteiger partial charge in [0.2, 0.25) is 27.6 Å². The first-order valence-electron chi connectivity index (χ1n) is 10.4. The lowest BCUT2D eigenvalue weighted by Gasteiger charge is -2.19. The molecule has 0 saturated carbocycles. The van der Waals surface area contributed by atoms with Crippen molar-refractivity contribution in [2.75, 3.05) is 23.1 Å². The summed E-state index contributed by atoms with van der Waals surface area (Å²) in [7, 11) is -3.50. The monoisotopic (exact) mass is 458 g/mol. The van der Waals surface area contributed by atoms with Gasteiger partial charge in [0.1, 0.15) is 5.82 Å². The number of nitrogens with one attached hydrogen (secondary N) is 1. The standard InChI is InChI=1S/C22H23FN4O4S/c23-18-10-8-17(9-11-18)22-25-21(31-26-22)7-3-6-20(28)24-13-15-32(29,30)27-14-12-16-4-1-2-5-19(16)27/h1-2,4-5,8-11H,3,6-7,12-15H2,(H,24,28). The number of carbonyl (C=O) groups excluding carboxylic acids is 1. The summed E-state index contributed by atoms with van der Waals surface area (Å²) in [5, 5.41) is 6.53. The van der Waals surface area contributed by atoms with Crippen LogP contribution in [0.4, 0.5) is 10.1 Å². The molecule has 0 spiro atoms. The fourth-order valence-electron chi connectivity index (χ4n) is 3.59. The van der Waals surface area contributed by atoms with Crippen LogP contribution >= 0.6 is 0 Å². The molecule has 0 aliphatic carbocycles. The zero-order chi connectivity index (χ0) is 22.6. The molecule has 0 radical (unpaired) electrons. The molecule has 1 N–H and O–H groups in total. The normalized spacial score (nSPS) is 13.2. The number of hydrogen-bond donors (Lipinski definition) is 1. The third-order valence-electron chi connectivity index (χ3n) is 5.23. The lowest BCUT2D eigenvalue weighted by atomic mass is 10.2. The van der Waals surface area contributed by atoms with Gasteiger partial charge in [0, 0.05) is 31.5 Å². The van der Waals surface area contributed by atoms with Gasteiger partial charge in [-0.3, -0.25) is 9.10 Å². The van der Waals surface area contributed by atoms with Crippen molar-refractivity contribution in [3.05, 3.63) is 65.8 Å². The molecule has 168 valence electrons. The van der Waals surface area contributed by atoms with E-state index in [9.17, 15) is 17.6 Å². The van der Waals surface area contributed by atoms with Crippen molar-refractivity contribution in [2.45, 2.75) is 25.7 Å². The molecule has 2 aromatic carbocycles. The summed E-state index contributed by atoms with van der Waals surface area (Å²) in [5.41, 5.74) is 2.38. The second-order valence-corrected chi connectivity index (χ2v) is 9.50. The van der Waals surface area contributed by atoms with E-state index in [2.05, 4.69) is 15.5 Å². The molecule has 1 aliphatic rings. The molecule has 0 bridgehead atoms. The van der Waals surface area contributed by atoms with Crippen molar-refractivity contribution in [1.29, 1.82) is 0 Å². The third-order valence-corrected chi connectivity index (χ3v) is 7.00. The van der Waals surface area contributed by atoms with Gasteiger partial charge in [-0.2, -0.15) is 4.98 Å². The highest BCUT2D eigenvalue weighted by Crippen LogP contribution is 2.29. The van der Waals surface area contributed by atoms with Gasteiger partial charge in [0.15, 0.2) is 0 Å². The van der Waals surface area contributed by atoms with Crippen LogP contribution in [0.3, 0.4) is 0 Å². The van der Waals surface area contributed by atoms with E-state index in [1.165, 1.54) is 16.4 Å². The maximum absolute atomic E-state index is 13.0. The highest BCUT2D eigenvalue weighted by molar-refractivity contribution is 7.92. The SMILES string of the molecule is O=C(CCCc1nc(-c2ccc(F)cc2)no1)NCCS(=O)(=O)N1CCc2ccccc21. The molecule has 4 rings (SSSR count). The minimum absolute atomic E-state index is 0.0507. The summed E-state index contributed by atoms with van der Waals surface area (Å²) < 4.78 is 44.9. The number of aromatic nitrogens is 2. The molecule has 10 heteroatoms. The number of sulfonamides is 1. The highest BCUT2D eigenvalue weighted by Gasteiger charge is 2.28. The molecule has 1 amide bonds. The van der Waals surface area contributed by atoms with Crippen LogP contribution in [0.15, 0.2) is 53.1 Å². The average molecular weight is 459 g/mol. The third kappa shape index (κ3) is 5.13. The van der Waals surface area contributed by atoms with Crippen molar-refractivity contribution in [2.24, 2.45) is 0 Å². The Morgan fingerprint density at radius 2 is 1.94 bits per heavy atom. The van der Waals surface area contributed by atoms with Crippen molar-refractivity contribution < 1.29 is 22.1 Å². The van der Waals surface area contributed by atoms with Crippen LogP contribution in [0.2, 0.25) is 0 Å². The van der Waals surface area contributed by atoms with Crippen LogP contribution in [0.25, 0.3) is 11.4 Å². The Balaban J connectivity index is 1.20. The number of nitrogens with zero attached hydrogens (tertiary/aromatic N) is 3. The van der Waals surface area contributed by atoms with Crippen molar-refractivity contribution in [1.82, 2.24) is 15.5 Å². The van der Waals surface area contributed by atoms with Gasteiger partial charge in [-0.25, -0.2) is 12.8 Å². The van der Waals surface area contributed by atoms with Crippen LogP contribution in [0, 0.1) is 5.82 Å². The smallest absolute Gasteiger partial charge is 0.236 e. The molecule has 1 aromatic heterocycles. The molecule has 0 saturated heterocycles. The summed E-state index contributed by atoms with van der Waals surface area (Å²) in [5.74, 6) is 0.00460. The molecule has 0 unspecified atom stereocenters. The van der Waals surface area contributed by atoms with Crippen molar-refractivity contribution >= 4 is 21.6 Å². The second-order valence-electron chi connectivity index (χ2n) is 7.49. The van der Waals surface area contributed by atoms with E-state index in [1.807, 2.05) is 18.2 Å². The molecule has 1 aliphatic heterocycles. The van der Waals surface area contributed by atoms with Gasteiger partial charge in [0.05, 0.1) is 11.4 Å². The number of fused-ring (bicyclic) bond motifs is 1. The van der Waals surface area contributed by atoms with Crippen molar-refractivity contribution in [3.63, 3.8) is 0 Å². The number of carbonyl (C=O) groups is 1. The molecule has 32 heavy (non-hydrogen) atoms. The number of para-hydroxylation sites is 1. The number of rotatable bonds is 9. The predicted molar refractivity (Wildman–Crippen MR) is 117 cm³/mol. The molecule has 2 heterocycles. The van der Waals surface area contributed by atoms with E-state index < -0.39 is 10.0 Å². The van der Waals surface area contributed by atoms with Crippen LogP contribution in [-0.2, 0) is 27.7 Å². The summed E-state index contributed by atoms with van der Waals surface area (Å²) in [4.78, 5) is 16.3. The van der Waals surface area contributed by atoms with Crippen molar-refractivity contribution in [3.8, 4) is 11.4 Å². The van der Waals surface area contributed by atoms with Gasteiger partial charge < -0.3 is 9.84 Å². The summed E-state index contributed by atoms with van der Waals surface area (Å²) >= 11 is 0. The maximum atomic E-state index is 13.0. The first-order valence-corrected chi connectivity index (χ1v) is 12.0. The largest absolute Gasteiger partial charge is 0.355 e. The summed E-state index contributed by atoms with van der Waals surface area (Å²) in [6.07, 6.45) is 1.79. The van der Waals surface area contributed by atoms with Gasteiger partial charge in [0.25, 0.3) is 0 Å².